The summed E-state index contributed by atoms with van der Waals surface area (Å²) in [6.45, 7) is 9.60. The molecule has 0 spiro atoms. The number of carbonyl (C=O) groups is 1. The van der Waals surface area contributed by atoms with E-state index in [-0.39, 0.29) is 5.97 Å². The highest BCUT2D eigenvalue weighted by molar-refractivity contribution is 5.79. The van der Waals surface area contributed by atoms with Crippen molar-refractivity contribution in [3.8, 4) is 0 Å². The lowest BCUT2D eigenvalue weighted by atomic mass is 9.97. The van der Waals surface area contributed by atoms with Gasteiger partial charge in [0, 0.05) is 6.54 Å². The number of nitrogens with zero attached hydrogens (tertiary/aromatic N) is 1. The highest BCUT2D eigenvalue weighted by Gasteiger charge is 2.30. The van der Waals surface area contributed by atoms with E-state index >= 15 is 0 Å². The van der Waals surface area contributed by atoms with Gasteiger partial charge < -0.3 is 15.4 Å². The monoisotopic (exact) mass is 270 g/mol. The third-order valence-corrected chi connectivity index (χ3v) is 3.67. The molecule has 4 heteroatoms. The molecule has 0 radical (unpaired) electrons. The third kappa shape index (κ3) is 6.39. The highest BCUT2D eigenvalue weighted by Crippen LogP contribution is 2.29. The van der Waals surface area contributed by atoms with Crippen LogP contribution in [0.3, 0.4) is 0 Å². The Labute approximate surface area is 117 Å². The van der Waals surface area contributed by atoms with Gasteiger partial charge in [-0.25, -0.2) is 0 Å². The summed E-state index contributed by atoms with van der Waals surface area (Å²) in [7, 11) is 0. The van der Waals surface area contributed by atoms with Gasteiger partial charge in [-0.15, -0.1) is 0 Å². The summed E-state index contributed by atoms with van der Waals surface area (Å²) in [6.07, 6.45) is 5.61. The first-order chi connectivity index (χ1) is 8.99. The van der Waals surface area contributed by atoms with E-state index in [0.29, 0.717) is 13.0 Å². The molecule has 1 unspecified atom stereocenters. The van der Waals surface area contributed by atoms with Crippen LogP contribution in [0.2, 0.25) is 0 Å². The maximum absolute atomic E-state index is 11.7. The molecule has 0 heterocycles. The first-order valence-corrected chi connectivity index (χ1v) is 7.68. The van der Waals surface area contributed by atoms with Crippen LogP contribution < -0.4 is 5.73 Å². The Bertz CT molecular complexity index is 275. The van der Waals surface area contributed by atoms with Gasteiger partial charge in [-0.1, -0.05) is 6.92 Å². The zero-order valence-corrected chi connectivity index (χ0v) is 12.8. The molecule has 1 fully saturated rings. The maximum atomic E-state index is 11.7. The Kier molecular flexibility index (Phi) is 6.80. The molecular formula is C15H30N2O2. The van der Waals surface area contributed by atoms with Crippen LogP contribution in [0.1, 0.15) is 52.9 Å². The lowest BCUT2D eigenvalue weighted by Crippen LogP contribution is -2.46. The van der Waals surface area contributed by atoms with Crippen LogP contribution >= 0.6 is 0 Å². The third-order valence-electron chi connectivity index (χ3n) is 3.67. The molecule has 1 rings (SSSR count). The van der Waals surface area contributed by atoms with Crippen molar-refractivity contribution < 1.29 is 9.53 Å². The second kappa shape index (κ2) is 7.85. The van der Waals surface area contributed by atoms with Crippen molar-refractivity contribution in [2.45, 2.75) is 58.4 Å². The van der Waals surface area contributed by atoms with Gasteiger partial charge in [-0.2, -0.15) is 0 Å². The topological polar surface area (TPSA) is 55.6 Å². The fourth-order valence-corrected chi connectivity index (χ4v) is 2.34. The van der Waals surface area contributed by atoms with Gasteiger partial charge in [0.2, 0.25) is 0 Å². The average molecular weight is 270 g/mol. The van der Waals surface area contributed by atoms with Gasteiger partial charge in [0.05, 0.1) is 6.61 Å². The van der Waals surface area contributed by atoms with Crippen molar-refractivity contribution in [1.29, 1.82) is 0 Å². The van der Waals surface area contributed by atoms with E-state index in [1.807, 2.05) is 6.92 Å². The van der Waals surface area contributed by atoms with E-state index in [4.69, 9.17) is 10.5 Å². The van der Waals surface area contributed by atoms with Crippen molar-refractivity contribution in [3.05, 3.63) is 0 Å². The minimum atomic E-state index is -0.840. The highest BCUT2D eigenvalue weighted by atomic mass is 16.5. The molecule has 0 saturated heterocycles. The first-order valence-electron chi connectivity index (χ1n) is 7.68. The van der Waals surface area contributed by atoms with E-state index in [1.165, 1.54) is 25.8 Å². The second-order valence-corrected chi connectivity index (χ2v) is 5.99. The average Bonchev–Trinajstić information content (AvgIpc) is 3.13. The Morgan fingerprint density at radius 1 is 1.37 bits per heavy atom. The number of esters is 1. The van der Waals surface area contributed by atoms with Crippen LogP contribution in [0.5, 0.6) is 0 Å². The number of rotatable bonds is 10. The van der Waals surface area contributed by atoms with E-state index < -0.39 is 5.54 Å². The first kappa shape index (κ1) is 16.4. The lowest BCUT2D eigenvalue weighted by molar-refractivity contribution is -0.149. The molecule has 0 aromatic heterocycles. The molecule has 1 aliphatic carbocycles. The van der Waals surface area contributed by atoms with Gasteiger partial charge in [-0.05, 0) is 65.0 Å². The normalized spacial score (nSPS) is 18.4. The molecule has 1 saturated carbocycles. The molecule has 19 heavy (non-hydrogen) atoms. The summed E-state index contributed by atoms with van der Waals surface area (Å²) in [4.78, 5) is 14.2. The van der Waals surface area contributed by atoms with Gasteiger partial charge in [0.25, 0.3) is 0 Å². The smallest absolute Gasteiger partial charge is 0.325 e. The van der Waals surface area contributed by atoms with Crippen LogP contribution in [0.15, 0.2) is 0 Å². The van der Waals surface area contributed by atoms with Gasteiger partial charge in [-0.3, -0.25) is 4.79 Å². The van der Waals surface area contributed by atoms with E-state index in [2.05, 4.69) is 11.8 Å². The fourth-order valence-electron chi connectivity index (χ4n) is 2.34. The van der Waals surface area contributed by atoms with Crippen molar-refractivity contribution >= 4 is 5.97 Å². The zero-order valence-electron chi connectivity index (χ0n) is 12.8. The number of carbonyl (C=O) groups excluding carboxylic acids is 1. The van der Waals surface area contributed by atoms with Crippen LogP contribution in [0.25, 0.3) is 0 Å². The summed E-state index contributed by atoms with van der Waals surface area (Å²) in [5.41, 5.74) is 5.19. The molecule has 0 aliphatic heterocycles. The SMILES string of the molecule is CCCN(CCCC(C)(N)C(=O)OCC)CC1CC1. The fraction of sp³-hybridized carbons (Fsp3) is 0.933. The van der Waals surface area contributed by atoms with Crippen LogP contribution in [0, 0.1) is 5.92 Å². The zero-order chi connectivity index (χ0) is 14.3. The molecule has 0 aromatic rings. The lowest BCUT2D eigenvalue weighted by Gasteiger charge is -2.25. The largest absolute Gasteiger partial charge is 0.465 e. The van der Waals surface area contributed by atoms with Crippen LogP contribution in [-0.4, -0.2) is 42.6 Å². The van der Waals surface area contributed by atoms with Crippen LogP contribution in [-0.2, 0) is 9.53 Å². The summed E-state index contributed by atoms with van der Waals surface area (Å²) in [5.74, 6) is 0.639. The molecule has 4 nitrogen and oxygen atoms in total. The summed E-state index contributed by atoms with van der Waals surface area (Å²) in [6, 6.07) is 0. The number of hydrogen-bond acceptors (Lipinski definition) is 4. The maximum Gasteiger partial charge on any atom is 0.325 e. The van der Waals surface area contributed by atoms with Gasteiger partial charge in [0.1, 0.15) is 5.54 Å². The molecule has 1 atom stereocenters. The Morgan fingerprint density at radius 2 is 2.05 bits per heavy atom. The molecule has 1 aliphatic rings. The molecule has 0 bridgehead atoms. The quantitative estimate of drug-likeness (QED) is 0.618. The van der Waals surface area contributed by atoms with Crippen LogP contribution in [0.4, 0.5) is 0 Å². The predicted octanol–water partition coefficient (Wildman–Crippen LogP) is 2.17. The van der Waals surface area contributed by atoms with E-state index in [0.717, 1.165) is 25.4 Å². The number of nitrogens with two attached hydrogens (primary N) is 1. The molecule has 0 aromatic carbocycles. The Balaban J connectivity index is 2.26. The Morgan fingerprint density at radius 3 is 2.58 bits per heavy atom. The van der Waals surface area contributed by atoms with Crippen molar-refractivity contribution in [1.82, 2.24) is 4.90 Å². The van der Waals surface area contributed by atoms with Crippen molar-refractivity contribution in [3.63, 3.8) is 0 Å². The molecule has 112 valence electrons. The van der Waals surface area contributed by atoms with E-state index in [1.54, 1.807) is 6.92 Å². The second-order valence-electron chi connectivity index (χ2n) is 5.99. The van der Waals surface area contributed by atoms with E-state index in [9.17, 15) is 4.79 Å². The minimum Gasteiger partial charge on any atom is -0.465 e. The summed E-state index contributed by atoms with van der Waals surface area (Å²) in [5, 5.41) is 0. The van der Waals surface area contributed by atoms with Crippen molar-refractivity contribution in [2.24, 2.45) is 11.7 Å². The number of ether oxygens (including phenoxy) is 1. The predicted molar refractivity (Wildman–Crippen MR) is 77.9 cm³/mol. The standard InChI is InChI=1S/C15H30N2O2/c1-4-10-17(12-13-7-8-13)11-6-9-15(3,16)14(18)19-5-2/h13H,4-12,16H2,1-3H3. The molecule has 0 amide bonds. The molecular weight excluding hydrogens is 240 g/mol. The summed E-state index contributed by atoms with van der Waals surface area (Å²) < 4.78 is 5.01. The Hall–Kier alpha value is -0.610. The molecule has 2 N–H and O–H groups in total. The van der Waals surface area contributed by atoms with Crippen molar-refractivity contribution in [2.75, 3.05) is 26.2 Å². The van der Waals surface area contributed by atoms with Gasteiger partial charge >= 0.3 is 5.97 Å². The number of hydrogen-bond donors (Lipinski definition) is 1. The van der Waals surface area contributed by atoms with Gasteiger partial charge in [0.15, 0.2) is 0 Å². The summed E-state index contributed by atoms with van der Waals surface area (Å²) >= 11 is 0. The minimum absolute atomic E-state index is 0.278.